The van der Waals surface area contributed by atoms with Gasteiger partial charge in [0.2, 0.25) is 0 Å². The van der Waals surface area contributed by atoms with Gasteiger partial charge < -0.3 is 10.2 Å². The van der Waals surface area contributed by atoms with Crippen LogP contribution in [0.25, 0.3) is 0 Å². The smallest absolute Gasteiger partial charge is 0.0534 e. The minimum atomic E-state index is 0.0992. The molecule has 3 atom stereocenters. The van der Waals surface area contributed by atoms with E-state index in [-0.39, 0.29) is 5.54 Å². The average Bonchev–Trinajstić information content (AvgIpc) is 2.79. The van der Waals surface area contributed by atoms with Crippen molar-refractivity contribution >= 4 is 0 Å². The predicted octanol–water partition coefficient (Wildman–Crippen LogP) is 3.63. The van der Waals surface area contributed by atoms with Crippen LogP contribution in [0.5, 0.6) is 0 Å². The number of hydrogen-bond donors (Lipinski definition) is 1. The summed E-state index contributed by atoms with van der Waals surface area (Å²) in [5, 5.41) is 3.80. The Balaban J connectivity index is 1.68. The largest absolute Gasteiger partial charge is 0.307 e. The van der Waals surface area contributed by atoms with Gasteiger partial charge in [-0.2, -0.15) is 0 Å². The molecule has 1 heterocycles. The molecule has 0 bridgehead atoms. The third-order valence-electron chi connectivity index (χ3n) is 5.44. The summed E-state index contributed by atoms with van der Waals surface area (Å²) in [6.07, 6.45) is 5.58. The van der Waals surface area contributed by atoms with E-state index in [4.69, 9.17) is 0 Å². The summed E-state index contributed by atoms with van der Waals surface area (Å²) in [5.74, 6) is 1.87. The molecule has 0 spiro atoms. The average molecular weight is 286 g/mol. The topological polar surface area (TPSA) is 15.3 Å². The number of hydrogen-bond acceptors (Lipinski definition) is 2. The van der Waals surface area contributed by atoms with Crippen LogP contribution in [0.3, 0.4) is 0 Å². The van der Waals surface area contributed by atoms with Crippen LogP contribution in [-0.2, 0) is 5.54 Å². The maximum Gasteiger partial charge on any atom is 0.0534 e. The number of benzene rings is 1. The van der Waals surface area contributed by atoms with Gasteiger partial charge in [0.1, 0.15) is 0 Å². The first-order valence-electron chi connectivity index (χ1n) is 8.69. The highest BCUT2D eigenvalue weighted by Gasteiger charge is 2.32. The summed E-state index contributed by atoms with van der Waals surface area (Å²) in [6.45, 7) is 9.61. The van der Waals surface area contributed by atoms with Crippen molar-refractivity contribution in [3.05, 3.63) is 35.9 Å². The molecule has 0 aromatic heterocycles. The standard InChI is InChI=1S/C19H30N2/c1-16-9-10-17(13-16)14-21-12-6-11-20-19(2,15-21)18-7-4-3-5-8-18/h3-5,7-8,16-17,20H,6,9-15H2,1-2H3. The van der Waals surface area contributed by atoms with Crippen molar-refractivity contribution in [2.45, 2.75) is 45.1 Å². The lowest BCUT2D eigenvalue weighted by molar-refractivity contribution is 0.191. The van der Waals surface area contributed by atoms with Crippen molar-refractivity contribution in [3.8, 4) is 0 Å². The maximum atomic E-state index is 3.80. The fourth-order valence-corrected chi connectivity index (χ4v) is 4.26. The summed E-state index contributed by atoms with van der Waals surface area (Å²) in [4.78, 5) is 2.72. The summed E-state index contributed by atoms with van der Waals surface area (Å²) < 4.78 is 0. The van der Waals surface area contributed by atoms with Crippen molar-refractivity contribution in [2.75, 3.05) is 26.2 Å². The van der Waals surface area contributed by atoms with Crippen molar-refractivity contribution in [1.82, 2.24) is 10.2 Å². The monoisotopic (exact) mass is 286 g/mol. The zero-order chi connectivity index (χ0) is 14.7. The predicted molar refractivity (Wildman–Crippen MR) is 89.4 cm³/mol. The molecule has 2 fully saturated rings. The van der Waals surface area contributed by atoms with Gasteiger partial charge in [-0.1, -0.05) is 43.7 Å². The van der Waals surface area contributed by atoms with Gasteiger partial charge in [0.25, 0.3) is 0 Å². The van der Waals surface area contributed by atoms with E-state index in [9.17, 15) is 0 Å². The third kappa shape index (κ3) is 3.67. The molecule has 1 saturated carbocycles. The van der Waals surface area contributed by atoms with E-state index in [1.165, 1.54) is 44.3 Å². The summed E-state index contributed by atoms with van der Waals surface area (Å²) in [7, 11) is 0. The first-order valence-corrected chi connectivity index (χ1v) is 8.69. The van der Waals surface area contributed by atoms with Gasteiger partial charge in [0.05, 0.1) is 5.54 Å². The molecule has 3 rings (SSSR count). The summed E-state index contributed by atoms with van der Waals surface area (Å²) in [5.41, 5.74) is 1.53. The summed E-state index contributed by atoms with van der Waals surface area (Å²) in [6, 6.07) is 11.0. The molecule has 2 aliphatic rings. The number of nitrogens with one attached hydrogen (secondary N) is 1. The molecule has 1 saturated heterocycles. The van der Waals surface area contributed by atoms with Crippen LogP contribution in [0.15, 0.2) is 30.3 Å². The molecule has 1 aliphatic heterocycles. The van der Waals surface area contributed by atoms with Crippen LogP contribution in [0.2, 0.25) is 0 Å². The van der Waals surface area contributed by atoms with Crippen LogP contribution in [-0.4, -0.2) is 31.1 Å². The normalized spacial score (nSPS) is 34.8. The van der Waals surface area contributed by atoms with Crippen LogP contribution in [0.1, 0.15) is 45.1 Å². The number of rotatable bonds is 3. The van der Waals surface area contributed by atoms with Gasteiger partial charge in [-0.05, 0) is 56.7 Å². The minimum Gasteiger partial charge on any atom is -0.307 e. The molecule has 1 aromatic carbocycles. The third-order valence-corrected chi connectivity index (χ3v) is 5.44. The molecule has 1 aliphatic carbocycles. The minimum absolute atomic E-state index is 0.0992. The molecule has 116 valence electrons. The van der Waals surface area contributed by atoms with Crippen LogP contribution in [0, 0.1) is 11.8 Å². The molecule has 2 nitrogen and oxygen atoms in total. The highest BCUT2D eigenvalue weighted by atomic mass is 15.2. The van der Waals surface area contributed by atoms with Gasteiger partial charge in [-0.15, -0.1) is 0 Å². The van der Waals surface area contributed by atoms with Gasteiger partial charge in [-0.25, -0.2) is 0 Å². The Labute approximate surface area is 129 Å². The molecule has 21 heavy (non-hydrogen) atoms. The fourth-order valence-electron chi connectivity index (χ4n) is 4.26. The molecule has 3 unspecified atom stereocenters. The molecule has 1 aromatic rings. The Kier molecular flexibility index (Phi) is 4.66. The lowest BCUT2D eigenvalue weighted by atomic mass is 9.91. The van der Waals surface area contributed by atoms with Crippen molar-refractivity contribution in [3.63, 3.8) is 0 Å². The summed E-state index contributed by atoms with van der Waals surface area (Å²) >= 11 is 0. The molecular weight excluding hydrogens is 256 g/mol. The van der Waals surface area contributed by atoms with Crippen molar-refractivity contribution in [1.29, 1.82) is 0 Å². The quantitative estimate of drug-likeness (QED) is 0.913. The van der Waals surface area contributed by atoms with Crippen LogP contribution in [0.4, 0.5) is 0 Å². The Morgan fingerprint density at radius 3 is 2.76 bits per heavy atom. The zero-order valence-electron chi connectivity index (χ0n) is 13.6. The van der Waals surface area contributed by atoms with Crippen LogP contribution >= 0.6 is 0 Å². The second-order valence-corrected chi connectivity index (χ2v) is 7.50. The Bertz CT molecular complexity index is 444. The highest BCUT2D eigenvalue weighted by Crippen LogP contribution is 2.32. The fraction of sp³-hybridized carbons (Fsp3) is 0.684. The van der Waals surface area contributed by atoms with E-state index in [1.807, 2.05) is 0 Å². The van der Waals surface area contributed by atoms with E-state index < -0.39 is 0 Å². The Morgan fingerprint density at radius 2 is 2.05 bits per heavy atom. The van der Waals surface area contributed by atoms with Gasteiger partial charge in [0.15, 0.2) is 0 Å². The van der Waals surface area contributed by atoms with E-state index in [1.54, 1.807) is 0 Å². The molecule has 0 amide bonds. The van der Waals surface area contributed by atoms with Gasteiger partial charge in [0, 0.05) is 13.1 Å². The highest BCUT2D eigenvalue weighted by molar-refractivity contribution is 5.24. The Morgan fingerprint density at radius 1 is 1.24 bits per heavy atom. The first-order chi connectivity index (χ1) is 10.2. The SMILES string of the molecule is CC1CCC(CN2CCCNC(C)(c3ccccc3)C2)C1. The van der Waals surface area contributed by atoms with E-state index >= 15 is 0 Å². The van der Waals surface area contributed by atoms with Crippen LogP contribution < -0.4 is 5.32 Å². The molecule has 0 radical (unpaired) electrons. The number of nitrogens with zero attached hydrogens (tertiary/aromatic N) is 1. The lowest BCUT2D eigenvalue weighted by Gasteiger charge is -2.35. The zero-order valence-corrected chi connectivity index (χ0v) is 13.6. The molecule has 2 heteroatoms. The van der Waals surface area contributed by atoms with Gasteiger partial charge >= 0.3 is 0 Å². The van der Waals surface area contributed by atoms with E-state index in [0.29, 0.717) is 0 Å². The molecular formula is C19H30N2. The van der Waals surface area contributed by atoms with Crippen molar-refractivity contribution < 1.29 is 0 Å². The van der Waals surface area contributed by atoms with E-state index in [0.717, 1.165) is 24.9 Å². The Hall–Kier alpha value is -0.860. The van der Waals surface area contributed by atoms with E-state index in [2.05, 4.69) is 54.4 Å². The lowest BCUT2D eigenvalue weighted by Crippen LogP contribution is -2.47. The first kappa shape index (κ1) is 15.1. The molecule has 1 N–H and O–H groups in total. The maximum absolute atomic E-state index is 3.80. The second kappa shape index (κ2) is 6.50. The second-order valence-electron chi connectivity index (χ2n) is 7.50. The van der Waals surface area contributed by atoms with Gasteiger partial charge in [-0.3, -0.25) is 0 Å². The van der Waals surface area contributed by atoms with Crippen molar-refractivity contribution in [2.24, 2.45) is 11.8 Å².